The highest BCUT2D eigenvalue weighted by molar-refractivity contribution is 5.72. The standard InChI is InChI=1S/C9H16N2O6/c1-6(10-2-7(12)13)3-11(4-8(14)15)5-9(16)17/h6,10H,2-5H2,1H3,(H,12,13)(H,14,15)(H,16,17). The molecule has 0 aromatic heterocycles. The smallest absolute Gasteiger partial charge is 0.317 e. The number of hydrogen-bond acceptors (Lipinski definition) is 5. The summed E-state index contributed by atoms with van der Waals surface area (Å²) in [4.78, 5) is 32.5. The SMILES string of the molecule is CC(CN(CC(=O)O)CC(=O)O)NCC(=O)O. The third kappa shape index (κ3) is 9.27. The van der Waals surface area contributed by atoms with Crippen LogP contribution in [0.15, 0.2) is 0 Å². The molecule has 0 radical (unpaired) electrons. The first-order valence-electron chi connectivity index (χ1n) is 4.92. The van der Waals surface area contributed by atoms with Crippen LogP contribution in [0.4, 0.5) is 0 Å². The van der Waals surface area contributed by atoms with E-state index < -0.39 is 31.0 Å². The van der Waals surface area contributed by atoms with Gasteiger partial charge in [-0.25, -0.2) is 0 Å². The number of carboxylic acid groups (broad SMARTS) is 3. The van der Waals surface area contributed by atoms with Crippen LogP contribution in [0.25, 0.3) is 0 Å². The molecule has 0 aliphatic heterocycles. The maximum atomic E-state index is 10.5. The van der Waals surface area contributed by atoms with Gasteiger partial charge in [0.25, 0.3) is 0 Å². The Balaban J connectivity index is 4.16. The average molecular weight is 248 g/mol. The summed E-state index contributed by atoms with van der Waals surface area (Å²) in [6.45, 7) is 0.747. The second-order valence-electron chi connectivity index (χ2n) is 3.63. The van der Waals surface area contributed by atoms with Crippen molar-refractivity contribution in [2.75, 3.05) is 26.2 Å². The van der Waals surface area contributed by atoms with Crippen LogP contribution >= 0.6 is 0 Å². The van der Waals surface area contributed by atoms with Gasteiger partial charge in [0.1, 0.15) is 0 Å². The van der Waals surface area contributed by atoms with Gasteiger partial charge >= 0.3 is 17.9 Å². The molecule has 98 valence electrons. The molecule has 1 atom stereocenters. The number of nitrogens with one attached hydrogen (secondary N) is 1. The Hall–Kier alpha value is -1.67. The van der Waals surface area contributed by atoms with Crippen molar-refractivity contribution in [1.29, 1.82) is 0 Å². The largest absolute Gasteiger partial charge is 0.480 e. The van der Waals surface area contributed by atoms with E-state index >= 15 is 0 Å². The van der Waals surface area contributed by atoms with Gasteiger partial charge in [-0.15, -0.1) is 0 Å². The van der Waals surface area contributed by atoms with Gasteiger partial charge in [-0.1, -0.05) is 0 Å². The van der Waals surface area contributed by atoms with E-state index in [1.165, 1.54) is 4.90 Å². The summed E-state index contributed by atoms with van der Waals surface area (Å²) in [5, 5.41) is 28.2. The Morgan fingerprint density at radius 1 is 1.06 bits per heavy atom. The molecule has 0 aliphatic carbocycles. The molecule has 8 nitrogen and oxygen atoms in total. The van der Waals surface area contributed by atoms with E-state index in [1.807, 2.05) is 0 Å². The number of carbonyl (C=O) groups is 3. The van der Waals surface area contributed by atoms with Crippen LogP contribution in [-0.4, -0.2) is 70.3 Å². The fourth-order valence-electron chi connectivity index (χ4n) is 1.28. The minimum absolute atomic E-state index is 0.145. The first kappa shape index (κ1) is 15.3. The van der Waals surface area contributed by atoms with Gasteiger partial charge in [-0.05, 0) is 6.92 Å². The molecule has 0 aliphatic rings. The van der Waals surface area contributed by atoms with E-state index in [0.29, 0.717) is 0 Å². The van der Waals surface area contributed by atoms with Crippen LogP contribution in [0.3, 0.4) is 0 Å². The molecular weight excluding hydrogens is 232 g/mol. The molecule has 0 amide bonds. The lowest BCUT2D eigenvalue weighted by Gasteiger charge is -2.22. The average Bonchev–Trinajstić information content (AvgIpc) is 2.12. The number of rotatable bonds is 9. The van der Waals surface area contributed by atoms with Gasteiger partial charge in [0.15, 0.2) is 0 Å². The molecule has 8 heteroatoms. The van der Waals surface area contributed by atoms with Gasteiger partial charge in [-0.3, -0.25) is 19.3 Å². The zero-order chi connectivity index (χ0) is 13.4. The molecule has 0 bridgehead atoms. The van der Waals surface area contributed by atoms with E-state index in [2.05, 4.69) is 5.32 Å². The predicted molar refractivity (Wildman–Crippen MR) is 56.8 cm³/mol. The molecule has 17 heavy (non-hydrogen) atoms. The van der Waals surface area contributed by atoms with Crippen LogP contribution in [0.2, 0.25) is 0 Å². The molecule has 0 saturated heterocycles. The van der Waals surface area contributed by atoms with Gasteiger partial charge in [0.05, 0.1) is 19.6 Å². The molecule has 0 spiro atoms. The van der Waals surface area contributed by atoms with Crippen LogP contribution in [0.5, 0.6) is 0 Å². The first-order valence-corrected chi connectivity index (χ1v) is 4.92. The van der Waals surface area contributed by atoms with Gasteiger partial charge in [-0.2, -0.15) is 0 Å². The van der Waals surface area contributed by atoms with E-state index in [9.17, 15) is 14.4 Å². The molecule has 0 heterocycles. The van der Waals surface area contributed by atoms with Crippen molar-refractivity contribution in [3.05, 3.63) is 0 Å². The number of aliphatic carboxylic acids is 3. The lowest BCUT2D eigenvalue weighted by Crippen LogP contribution is -2.44. The highest BCUT2D eigenvalue weighted by Gasteiger charge is 2.16. The summed E-state index contributed by atoms with van der Waals surface area (Å²) < 4.78 is 0. The quantitative estimate of drug-likeness (QED) is 0.389. The Morgan fingerprint density at radius 3 is 1.88 bits per heavy atom. The number of nitrogens with zero attached hydrogens (tertiary/aromatic N) is 1. The maximum Gasteiger partial charge on any atom is 0.317 e. The van der Waals surface area contributed by atoms with Crippen molar-refractivity contribution in [3.63, 3.8) is 0 Å². The Bertz CT molecular complexity index is 277. The molecule has 0 fully saturated rings. The summed E-state index contributed by atoms with van der Waals surface area (Å²) >= 11 is 0. The summed E-state index contributed by atoms with van der Waals surface area (Å²) in [7, 11) is 0. The van der Waals surface area contributed by atoms with Crippen molar-refractivity contribution in [3.8, 4) is 0 Å². The van der Waals surface area contributed by atoms with Crippen molar-refractivity contribution >= 4 is 17.9 Å². The van der Waals surface area contributed by atoms with Crippen molar-refractivity contribution in [2.45, 2.75) is 13.0 Å². The van der Waals surface area contributed by atoms with Crippen LogP contribution in [0.1, 0.15) is 6.92 Å². The predicted octanol–water partition coefficient (Wildman–Crippen LogP) is -1.48. The minimum Gasteiger partial charge on any atom is -0.480 e. The fraction of sp³-hybridized carbons (Fsp3) is 0.667. The number of carboxylic acids is 3. The van der Waals surface area contributed by atoms with Crippen LogP contribution in [0, 0.1) is 0 Å². The summed E-state index contributed by atoms with van der Waals surface area (Å²) in [5.74, 6) is -3.28. The topological polar surface area (TPSA) is 127 Å². The van der Waals surface area contributed by atoms with Crippen LogP contribution in [-0.2, 0) is 14.4 Å². The molecule has 0 aromatic carbocycles. The third-order valence-electron chi connectivity index (χ3n) is 1.85. The Morgan fingerprint density at radius 2 is 1.53 bits per heavy atom. The molecule has 4 N–H and O–H groups in total. The second kappa shape index (κ2) is 7.58. The van der Waals surface area contributed by atoms with Crippen molar-refractivity contribution in [1.82, 2.24) is 10.2 Å². The van der Waals surface area contributed by atoms with E-state index in [-0.39, 0.29) is 19.1 Å². The monoisotopic (exact) mass is 248 g/mol. The van der Waals surface area contributed by atoms with Gasteiger partial charge in [0, 0.05) is 12.6 Å². The Labute approximate surface area is 97.8 Å². The highest BCUT2D eigenvalue weighted by Crippen LogP contribution is 1.93. The van der Waals surface area contributed by atoms with Gasteiger partial charge < -0.3 is 20.6 Å². The molecular formula is C9H16N2O6. The van der Waals surface area contributed by atoms with Crippen molar-refractivity contribution < 1.29 is 29.7 Å². The van der Waals surface area contributed by atoms with E-state index in [4.69, 9.17) is 15.3 Å². The normalized spacial score (nSPS) is 12.4. The lowest BCUT2D eigenvalue weighted by atomic mass is 10.3. The summed E-state index contributed by atoms with van der Waals surface area (Å²) in [6, 6.07) is -0.315. The highest BCUT2D eigenvalue weighted by atomic mass is 16.4. The fourth-order valence-corrected chi connectivity index (χ4v) is 1.28. The number of hydrogen-bond donors (Lipinski definition) is 4. The molecule has 0 aromatic rings. The summed E-state index contributed by atoms with van der Waals surface area (Å²) in [6.07, 6.45) is 0. The van der Waals surface area contributed by atoms with E-state index in [1.54, 1.807) is 6.92 Å². The molecule has 0 saturated carbocycles. The second-order valence-corrected chi connectivity index (χ2v) is 3.63. The Kier molecular flexibility index (Phi) is 6.83. The third-order valence-corrected chi connectivity index (χ3v) is 1.85. The van der Waals surface area contributed by atoms with Crippen LogP contribution < -0.4 is 5.32 Å². The summed E-state index contributed by atoms with van der Waals surface area (Å²) in [5.41, 5.74) is 0. The van der Waals surface area contributed by atoms with Crippen molar-refractivity contribution in [2.24, 2.45) is 0 Å². The van der Waals surface area contributed by atoms with Gasteiger partial charge in [0.2, 0.25) is 0 Å². The first-order chi connectivity index (χ1) is 7.81. The lowest BCUT2D eigenvalue weighted by molar-refractivity contribution is -0.142. The molecule has 0 rings (SSSR count). The van der Waals surface area contributed by atoms with E-state index in [0.717, 1.165) is 0 Å². The zero-order valence-corrected chi connectivity index (χ0v) is 9.42. The maximum absolute atomic E-state index is 10.5. The molecule has 1 unspecified atom stereocenters. The zero-order valence-electron chi connectivity index (χ0n) is 9.42. The minimum atomic E-state index is -1.13.